The first-order valence-electron chi connectivity index (χ1n) is 26.9. The van der Waals surface area contributed by atoms with Crippen molar-refractivity contribution in [1.82, 2.24) is 52.5 Å². The van der Waals surface area contributed by atoms with Crippen LogP contribution in [0.3, 0.4) is 0 Å². The Bertz CT molecular complexity index is 2450. The van der Waals surface area contributed by atoms with E-state index in [0.717, 1.165) is 0 Å². The lowest BCUT2D eigenvalue weighted by Gasteiger charge is -2.30. The van der Waals surface area contributed by atoms with Crippen LogP contribution in [-0.4, -0.2) is 157 Å². The van der Waals surface area contributed by atoms with Crippen molar-refractivity contribution < 1.29 is 68.1 Å². The largest absolute Gasteiger partial charge is 0.481 e. The number of carbonyl (C=O) groups is 11. The number of hydrogen-bond donors (Lipinski definition) is 15. The van der Waals surface area contributed by atoms with Crippen LogP contribution in [0.25, 0.3) is 0 Å². The second-order valence-corrected chi connectivity index (χ2v) is 21.3. The van der Waals surface area contributed by atoms with Crippen molar-refractivity contribution in [2.75, 3.05) is 6.54 Å². The molecule has 1 heterocycles. The molecule has 0 radical (unpaired) electrons. The Morgan fingerprint density at radius 1 is 0.531 bits per heavy atom. The number of carboxylic acid groups (broad SMARTS) is 3. The van der Waals surface area contributed by atoms with E-state index in [0.29, 0.717) is 17.7 Å². The summed E-state index contributed by atoms with van der Waals surface area (Å²) < 4.78 is 0. The number of carbonyl (C=O) groups excluding carboxylic acids is 8. The molecule has 1 aromatic heterocycles. The number of nitrogens with two attached hydrogens (primary N) is 3. The molecule has 2 aromatic rings. The molecular formula is C53H84N14O14. The Hall–Kier alpha value is -8.17. The third-order valence-corrected chi connectivity index (χ3v) is 12.5. The first-order valence-corrected chi connectivity index (χ1v) is 26.9. The molecule has 0 aliphatic rings. The molecule has 0 aliphatic heterocycles. The number of carboxylic acids is 3. The summed E-state index contributed by atoms with van der Waals surface area (Å²) in [5.74, 6) is -13.0. The second-order valence-electron chi connectivity index (χ2n) is 21.3. The van der Waals surface area contributed by atoms with E-state index < -0.39 is 157 Å². The maximum absolute atomic E-state index is 14.4. The highest BCUT2D eigenvalue weighted by molar-refractivity contribution is 5.98. The smallest absolute Gasteiger partial charge is 0.326 e. The molecule has 8 amide bonds. The lowest BCUT2D eigenvalue weighted by Crippen LogP contribution is -2.62. The van der Waals surface area contributed by atoms with Crippen molar-refractivity contribution in [1.29, 1.82) is 0 Å². The van der Waals surface area contributed by atoms with Crippen LogP contribution >= 0.6 is 0 Å². The molecule has 2 rings (SSSR count). The molecule has 18 N–H and O–H groups in total. The number of nitrogens with one attached hydrogen (secondary N) is 9. The molecule has 0 bridgehead atoms. The summed E-state index contributed by atoms with van der Waals surface area (Å²) in [5, 5.41) is 49.5. The van der Waals surface area contributed by atoms with Gasteiger partial charge in [-0.25, -0.2) is 9.78 Å². The first kappa shape index (κ1) is 68.9. The number of hydrogen-bond acceptors (Lipinski definition) is 14. The van der Waals surface area contributed by atoms with Crippen LogP contribution < -0.4 is 59.7 Å². The number of amides is 8. The molecule has 0 saturated carbocycles. The van der Waals surface area contributed by atoms with E-state index in [-0.39, 0.29) is 56.4 Å². The maximum Gasteiger partial charge on any atom is 0.326 e. The third kappa shape index (κ3) is 26.1. The summed E-state index contributed by atoms with van der Waals surface area (Å²) in [6, 6.07) is -4.22. The van der Waals surface area contributed by atoms with Crippen LogP contribution in [0.1, 0.15) is 118 Å². The molecule has 0 spiro atoms. The fraction of sp³-hybridized carbons (Fsp3) is 0.604. The SMILES string of the molecule is CC(C)C[C@H](NC(=O)[C@H](CC(C)C)NC(=O)[C@H](CCC(=O)O)NC(=O)[C@H](Cc1ccccc1)NC(=O)[C@@H](NC(=O)[C@H](CCC(=O)O)NC(=O)[C@@H](NC(=O)[C@H](Cc1cnc[nH]1)NC(=O)[C@@H](N)CCCN=C(N)N)C(C)C)C(C)C)C(=O)O. The van der Waals surface area contributed by atoms with Gasteiger partial charge < -0.3 is 80.0 Å². The topological polar surface area (TPSA) is 464 Å². The van der Waals surface area contributed by atoms with Crippen LogP contribution in [-0.2, 0) is 65.6 Å². The number of aliphatic carboxylic acids is 3. The van der Waals surface area contributed by atoms with Crippen LogP contribution in [0.5, 0.6) is 0 Å². The number of nitrogens with zero attached hydrogens (tertiary/aromatic N) is 2. The molecule has 1 aromatic carbocycles. The zero-order chi connectivity index (χ0) is 61.1. The van der Waals surface area contributed by atoms with Gasteiger partial charge in [0.25, 0.3) is 0 Å². The number of H-pyrrole nitrogens is 1. The van der Waals surface area contributed by atoms with Gasteiger partial charge >= 0.3 is 17.9 Å². The Morgan fingerprint density at radius 2 is 0.951 bits per heavy atom. The van der Waals surface area contributed by atoms with Crippen molar-refractivity contribution in [2.45, 2.75) is 174 Å². The van der Waals surface area contributed by atoms with Crippen LogP contribution in [0.15, 0.2) is 47.8 Å². The highest BCUT2D eigenvalue weighted by Gasteiger charge is 2.37. The van der Waals surface area contributed by atoms with Gasteiger partial charge in [-0.05, 0) is 67.8 Å². The highest BCUT2D eigenvalue weighted by Crippen LogP contribution is 2.14. The molecule has 28 heteroatoms. The molecule has 28 nitrogen and oxygen atoms in total. The van der Waals surface area contributed by atoms with Crippen LogP contribution in [0, 0.1) is 23.7 Å². The predicted octanol–water partition coefficient (Wildman–Crippen LogP) is -1.33. The van der Waals surface area contributed by atoms with Crippen LogP contribution in [0.2, 0.25) is 0 Å². The molecular weight excluding hydrogens is 1060 g/mol. The second kappa shape index (κ2) is 34.8. The molecule has 81 heavy (non-hydrogen) atoms. The fourth-order valence-corrected chi connectivity index (χ4v) is 8.20. The summed E-state index contributed by atoms with van der Waals surface area (Å²) in [5.41, 5.74) is 17.8. The van der Waals surface area contributed by atoms with E-state index in [1.807, 2.05) is 0 Å². The van der Waals surface area contributed by atoms with Gasteiger partial charge in [-0.1, -0.05) is 85.7 Å². The number of benzene rings is 1. The monoisotopic (exact) mass is 1140 g/mol. The lowest BCUT2D eigenvalue weighted by atomic mass is 9.99. The average Bonchev–Trinajstić information content (AvgIpc) is 3.92. The van der Waals surface area contributed by atoms with Crippen molar-refractivity contribution in [2.24, 2.45) is 45.9 Å². The van der Waals surface area contributed by atoms with Crippen molar-refractivity contribution in [3.8, 4) is 0 Å². The van der Waals surface area contributed by atoms with E-state index in [4.69, 9.17) is 17.2 Å². The van der Waals surface area contributed by atoms with Crippen molar-refractivity contribution in [3.63, 3.8) is 0 Å². The number of aliphatic imine (C=N–C) groups is 1. The number of aromatic amines is 1. The van der Waals surface area contributed by atoms with Crippen molar-refractivity contribution >= 4 is 71.1 Å². The van der Waals surface area contributed by atoms with Crippen molar-refractivity contribution in [3.05, 3.63) is 54.1 Å². The summed E-state index contributed by atoms with van der Waals surface area (Å²) in [6.07, 6.45) is 0.854. The van der Waals surface area contributed by atoms with Gasteiger partial charge in [-0.3, -0.25) is 52.9 Å². The summed E-state index contributed by atoms with van der Waals surface area (Å²) in [6.45, 7) is 13.5. The van der Waals surface area contributed by atoms with Gasteiger partial charge in [-0.2, -0.15) is 0 Å². The summed E-state index contributed by atoms with van der Waals surface area (Å²) >= 11 is 0. The van der Waals surface area contributed by atoms with E-state index in [2.05, 4.69) is 57.5 Å². The molecule has 0 fully saturated rings. The Labute approximate surface area is 470 Å². The molecule has 0 unspecified atom stereocenters. The van der Waals surface area contributed by atoms with Crippen LogP contribution in [0.4, 0.5) is 0 Å². The van der Waals surface area contributed by atoms with Gasteiger partial charge in [-0.15, -0.1) is 0 Å². The number of guanidine groups is 1. The van der Waals surface area contributed by atoms with E-state index in [1.54, 1.807) is 85.7 Å². The summed E-state index contributed by atoms with van der Waals surface area (Å²) in [4.78, 5) is 158. The minimum atomic E-state index is -1.62. The highest BCUT2D eigenvalue weighted by atomic mass is 16.4. The maximum atomic E-state index is 14.4. The van der Waals surface area contributed by atoms with E-state index in [9.17, 15) is 68.1 Å². The Kier molecular flexibility index (Phi) is 29.6. The lowest BCUT2D eigenvalue weighted by molar-refractivity contribution is -0.143. The summed E-state index contributed by atoms with van der Waals surface area (Å²) in [7, 11) is 0. The number of rotatable bonds is 37. The van der Waals surface area contributed by atoms with Gasteiger partial charge in [0.15, 0.2) is 5.96 Å². The zero-order valence-corrected chi connectivity index (χ0v) is 47.3. The number of aromatic nitrogens is 2. The Morgan fingerprint density at radius 3 is 1.42 bits per heavy atom. The normalized spacial score (nSPS) is 14.6. The fourth-order valence-electron chi connectivity index (χ4n) is 8.20. The minimum Gasteiger partial charge on any atom is -0.481 e. The minimum absolute atomic E-state index is 0.0339. The van der Waals surface area contributed by atoms with Gasteiger partial charge in [0.05, 0.1) is 12.4 Å². The Balaban J connectivity index is 2.45. The predicted molar refractivity (Wildman–Crippen MR) is 296 cm³/mol. The standard InChI is InChI=1S/C53H84N14O14/c1-27(2)21-36(47(75)65-39(52(80)81)22-28(3)4)63-45(73)34(16-18-40(68)69)60-48(76)37(23-31-13-10-9-11-14-31)64-51(79)43(30(7)8)66-46(74)35(17-19-41(70)71)61-50(78)42(29(5)6)67-49(77)38(24-32-25-57-26-59-32)62-44(72)33(54)15-12-20-58-53(55)56/h9-11,13-14,25-30,33-39,42-43H,12,15-24,54H2,1-8H3,(H,57,59)(H,60,76)(H,61,78)(H,62,72)(H,63,73)(H,64,79)(H,65,75)(H,66,74)(H,67,77)(H,68,69)(H,70,71)(H,80,81)(H4,55,56,58)/t33-,34-,35-,36-,37-,38-,39-,42-,43-/m0/s1. The number of imidazole rings is 1. The molecule has 9 atom stereocenters. The van der Waals surface area contributed by atoms with Gasteiger partial charge in [0.1, 0.15) is 48.3 Å². The van der Waals surface area contributed by atoms with Gasteiger partial charge in [0.2, 0.25) is 47.3 Å². The van der Waals surface area contributed by atoms with E-state index >= 15 is 0 Å². The van der Waals surface area contributed by atoms with E-state index in [1.165, 1.54) is 12.5 Å². The quantitative estimate of drug-likeness (QED) is 0.0212. The van der Waals surface area contributed by atoms with Gasteiger partial charge in [0, 0.05) is 44.1 Å². The zero-order valence-electron chi connectivity index (χ0n) is 47.3. The molecule has 0 aliphatic carbocycles. The third-order valence-electron chi connectivity index (χ3n) is 12.5. The average molecular weight is 1140 g/mol. The first-order chi connectivity index (χ1) is 38.0. The molecule has 450 valence electrons. The molecule has 0 saturated heterocycles.